The fourth-order valence-corrected chi connectivity index (χ4v) is 6.19. The average Bonchev–Trinajstić information content (AvgIpc) is 3.03. The second kappa shape index (κ2) is 16.1. The van der Waals surface area contributed by atoms with Crippen LogP contribution in [-0.2, 0) is 4.74 Å². The first-order chi connectivity index (χ1) is 23.0. The summed E-state index contributed by atoms with van der Waals surface area (Å²) in [6.45, 7) is 1.01. The molecule has 5 atom stereocenters. The highest BCUT2D eigenvalue weighted by atomic mass is 127. The highest BCUT2D eigenvalue weighted by Crippen LogP contribution is 2.36. The first kappa shape index (κ1) is 38.4. The van der Waals surface area contributed by atoms with E-state index in [2.05, 4.69) is 0 Å². The van der Waals surface area contributed by atoms with Crippen molar-refractivity contribution in [2.45, 2.75) is 37.6 Å². The van der Waals surface area contributed by atoms with Gasteiger partial charge in [-0.2, -0.15) is 0 Å². The van der Waals surface area contributed by atoms with Crippen LogP contribution < -0.4 is 4.74 Å². The number of hydrogen-bond acceptors (Lipinski definition) is 8. The van der Waals surface area contributed by atoms with Crippen LogP contribution in [0.25, 0.3) is 22.3 Å². The molecule has 0 bridgehead atoms. The Morgan fingerprint density at radius 1 is 0.735 bits per heavy atom. The van der Waals surface area contributed by atoms with E-state index >= 15 is 0 Å². The topological polar surface area (TPSA) is 174 Å². The van der Waals surface area contributed by atoms with E-state index in [9.17, 15) is 52.7 Å². The number of carbonyl (C=O) groups is 2. The molecule has 0 aliphatic carbocycles. The molecule has 1 aliphatic heterocycles. The Bertz CT molecular complexity index is 1890. The molecule has 1 aliphatic rings. The number of carboxylic acids is 2. The summed E-state index contributed by atoms with van der Waals surface area (Å²) in [5.41, 5.74) is 1.06. The van der Waals surface area contributed by atoms with Crippen molar-refractivity contribution in [2.75, 3.05) is 6.61 Å². The van der Waals surface area contributed by atoms with Crippen LogP contribution in [0.15, 0.2) is 60.7 Å². The summed E-state index contributed by atoms with van der Waals surface area (Å²) < 4.78 is 65.6. The van der Waals surface area contributed by atoms with Crippen LogP contribution in [0.1, 0.15) is 26.3 Å². The van der Waals surface area contributed by atoms with Gasteiger partial charge in [-0.25, -0.2) is 27.2 Å². The fourth-order valence-electron chi connectivity index (χ4n) is 4.81. The molecule has 260 valence electrons. The molecule has 0 spiro atoms. The quantitative estimate of drug-likeness (QED) is 0.105. The largest absolute Gasteiger partial charge is 0.478 e. The molecule has 16 heteroatoms. The van der Waals surface area contributed by atoms with Crippen molar-refractivity contribution >= 4 is 57.1 Å². The molecule has 0 saturated carbocycles. The Kier molecular flexibility index (Phi) is 12.6. The van der Waals surface area contributed by atoms with Gasteiger partial charge in [0.25, 0.3) is 0 Å². The minimum Gasteiger partial charge on any atom is -0.478 e. The maximum atomic E-state index is 14.1. The molecular formula is C33H26F4I2O10. The molecule has 4 aromatic carbocycles. The number of carboxylic acid groups (broad SMARTS) is 2. The molecule has 2 unspecified atom stereocenters. The minimum absolute atomic E-state index is 0.0313. The minimum atomic E-state index is -1.74. The van der Waals surface area contributed by atoms with Gasteiger partial charge in [-0.05, 0) is 117 Å². The Balaban J connectivity index is 0.000000244. The third-order valence-electron chi connectivity index (χ3n) is 7.42. The Morgan fingerprint density at radius 2 is 1.22 bits per heavy atom. The highest BCUT2D eigenvalue weighted by molar-refractivity contribution is 14.1. The Morgan fingerprint density at radius 3 is 1.69 bits per heavy atom. The van der Waals surface area contributed by atoms with Crippen LogP contribution in [0.5, 0.6) is 5.75 Å². The third kappa shape index (κ3) is 8.67. The molecule has 5 rings (SSSR count). The lowest BCUT2D eigenvalue weighted by atomic mass is 9.99. The molecule has 6 N–H and O–H groups in total. The average molecular weight is 912 g/mol. The number of aliphatic hydroxyl groups is 4. The SMILES string of the molecule is Cc1c(I)cc(-c2ccc(F)cc2F)cc1C(=O)O.O=C(O)c1cc(-c2ccc(F)cc2F)cc(I)c1O[C@@H]1OC(CO)[C@@H](O)C(O)[C@@H]1O. The van der Waals surface area contributed by atoms with Crippen LogP contribution in [0, 0.1) is 37.3 Å². The molecule has 1 fully saturated rings. The maximum Gasteiger partial charge on any atom is 0.339 e. The van der Waals surface area contributed by atoms with Crippen LogP contribution in [0.2, 0.25) is 0 Å². The van der Waals surface area contributed by atoms with E-state index in [1.165, 1.54) is 24.3 Å². The lowest BCUT2D eigenvalue weighted by Gasteiger charge is -2.39. The van der Waals surface area contributed by atoms with E-state index in [1.54, 1.807) is 35.6 Å². The van der Waals surface area contributed by atoms with E-state index in [0.29, 0.717) is 17.2 Å². The van der Waals surface area contributed by atoms with Gasteiger partial charge in [-0.15, -0.1) is 0 Å². The van der Waals surface area contributed by atoms with E-state index in [4.69, 9.17) is 14.6 Å². The number of aromatic carboxylic acids is 2. The van der Waals surface area contributed by atoms with Gasteiger partial charge in [0.05, 0.1) is 15.7 Å². The van der Waals surface area contributed by atoms with Crippen LogP contribution in [0.4, 0.5) is 17.6 Å². The molecule has 1 saturated heterocycles. The standard InChI is InChI=1S/C19H17F2IO8.C14H9F2IO2/c20-8-1-2-9(11(21)5-8)7-3-10(18(27)28)17(12(22)4-7)30-19-16(26)15(25)14(24)13(6-23)29-19;1-7-11(14(18)19)4-8(5-13(7)17)10-3-2-9(15)6-12(10)16/h1-5,13-16,19,23-26H,6H2,(H,27,28);2-6H,1H3,(H,18,19)/t13?,14-,15?,16+,19+;/m1./s1. The van der Waals surface area contributed by atoms with Gasteiger partial charge in [0.15, 0.2) is 5.75 Å². The predicted molar refractivity (Wildman–Crippen MR) is 182 cm³/mol. The molecule has 0 radical (unpaired) electrons. The van der Waals surface area contributed by atoms with Gasteiger partial charge in [0.1, 0.15) is 53.2 Å². The summed E-state index contributed by atoms with van der Waals surface area (Å²) in [4.78, 5) is 22.9. The lowest BCUT2D eigenvalue weighted by molar-refractivity contribution is -0.277. The summed E-state index contributed by atoms with van der Waals surface area (Å²) >= 11 is 3.73. The summed E-state index contributed by atoms with van der Waals surface area (Å²) in [6, 6.07) is 11.7. The summed E-state index contributed by atoms with van der Waals surface area (Å²) in [5.74, 6) is -5.79. The van der Waals surface area contributed by atoms with Crippen molar-refractivity contribution in [3.05, 3.63) is 108 Å². The Hall–Kier alpha value is -3.40. The summed E-state index contributed by atoms with van der Waals surface area (Å²) in [6.07, 6.45) is -7.90. The molecular weight excluding hydrogens is 886 g/mol. The van der Waals surface area contributed by atoms with Crippen molar-refractivity contribution in [2.24, 2.45) is 0 Å². The zero-order chi connectivity index (χ0) is 36.3. The second-order valence-corrected chi connectivity index (χ2v) is 13.0. The van der Waals surface area contributed by atoms with Gasteiger partial charge in [-0.1, -0.05) is 0 Å². The van der Waals surface area contributed by atoms with Crippen molar-refractivity contribution in [3.8, 4) is 28.0 Å². The zero-order valence-corrected chi connectivity index (χ0v) is 29.3. The molecule has 1 heterocycles. The van der Waals surface area contributed by atoms with Crippen LogP contribution in [-0.4, -0.2) is 79.9 Å². The first-order valence-corrected chi connectivity index (χ1v) is 16.2. The monoisotopic (exact) mass is 912 g/mol. The number of halogens is 6. The first-order valence-electron chi connectivity index (χ1n) is 14.0. The van der Waals surface area contributed by atoms with Gasteiger partial charge in [0, 0.05) is 26.8 Å². The number of rotatable bonds is 7. The van der Waals surface area contributed by atoms with Gasteiger partial charge >= 0.3 is 11.9 Å². The molecule has 0 amide bonds. The van der Waals surface area contributed by atoms with Crippen LogP contribution in [0.3, 0.4) is 0 Å². The van der Waals surface area contributed by atoms with Gasteiger partial charge in [0.2, 0.25) is 6.29 Å². The zero-order valence-electron chi connectivity index (χ0n) is 25.0. The maximum absolute atomic E-state index is 14.1. The van der Waals surface area contributed by atoms with E-state index in [1.807, 2.05) is 22.6 Å². The van der Waals surface area contributed by atoms with Crippen LogP contribution >= 0.6 is 45.2 Å². The van der Waals surface area contributed by atoms with Crippen molar-refractivity contribution in [1.29, 1.82) is 0 Å². The molecule has 10 nitrogen and oxygen atoms in total. The summed E-state index contributed by atoms with van der Waals surface area (Å²) in [7, 11) is 0. The van der Waals surface area contributed by atoms with Gasteiger partial charge < -0.3 is 40.1 Å². The van der Waals surface area contributed by atoms with Crippen molar-refractivity contribution in [3.63, 3.8) is 0 Å². The smallest absolute Gasteiger partial charge is 0.339 e. The fraction of sp³-hybridized carbons (Fsp3) is 0.212. The van der Waals surface area contributed by atoms with Crippen molar-refractivity contribution in [1.82, 2.24) is 0 Å². The van der Waals surface area contributed by atoms with Crippen molar-refractivity contribution < 1.29 is 67.3 Å². The Labute approximate surface area is 302 Å². The number of benzene rings is 4. The predicted octanol–water partition coefficient (Wildman–Crippen LogP) is 5.36. The molecule has 4 aromatic rings. The normalized spacial score (nSPS) is 20.3. The van der Waals surface area contributed by atoms with E-state index in [-0.39, 0.29) is 31.6 Å². The number of ether oxygens (including phenoxy) is 2. The van der Waals surface area contributed by atoms with Gasteiger partial charge in [-0.3, -0.25) is 0 Å². The lowest BCUT2D eigenvalue weighted by Crippen LogP contribution is -2.60. The number of hydrogen-bond donors (Lipinski definition) is 6. The third-order valence-corrected chi connectivity index (χ3v) is 9.34. The summed E-state index contributed by atoms with van der Waals surface area (Å²) in [5, 5.41) is 57.8. The second-order valence-electron chi connectivity index (χ2n) is 10.6. The van der Waals surface area contributed by atoms with E-state index in [0.717, 1.165) is 27.8 Å². The highest BCUT2D eigenvalue weighted by Gasteiger charge is 2.45. The van der Waals surface area contributed by atoms with E-state index < -0.39 is 78.1 Å². The molecule has 49 heavy (non-hydrogen) atoms. The molecule has 0 aromatic heterocycles. The number of aliphatic hydroxyl groups excluding tert-OH is 4.